The first-order chi connectivity index (χ1) is 14.0. The number of Topliss-reactive ketones (excluding diaryl/α,β-unsaturated/α-hetero) is 2. The van der Waals surface area contributed by atoms with Crippen molar-refractivity contribution < 1.29 is 9.59 Å². The first-order valence-electron chi connectivity index (χ1n) is 12.2. The lowest BCUT2D eigenvalue weighted by molar-refractivity contribution is -0.169. The highest BCUT2D eigenvalue weighted by molar-refractivity contribution is 6.43. The van der Waals surface area contributed by atoms with E-state index in [1.54, 1.807) is 0 Å². The molecule has 0 radical (unpaired) electrons. The van der Waals surface area contributed by atoms with Gasteiger partial charge in [0.2, 0.25) is 11.6 Å². The van der Waals surface area contributed by atoms with Gasteiger partial charge in [-0.2, -0.15) is 0 Å². The molecule has 0 spiro atoms. The summed E-state index contributed by atoms with van der Waals surface area (Å²) in [5, 5.41) is 0. The molecule has 3 fully saturated rings. The van der Waals surface area contributed by atoms with Gasteiger partial charge >= 0.3 is 0 Å². The number of ketones is 2. The molecule has 0 aromatic rings. The highest BCUT2D eigenvalue weighted by Gasteiger charge is 2.71. The van der Waals surface area contributed by atoms with E-state index in [0.29, 0.717) is 12.3 Å². The van der Waals surface area contributed by atoms with Crippen LogP contribution >= 0.6 is 0 Å². The fourth-order valence-electron chi connectivity index (χ4n) is 8.81. The summed E-state index contributed by atoms with van der Waals surface area (Å²) in [6.45, 7) is 13.4. The Morgan fingerprint density at radius 1 is 0.933 bits per heavy atom. The van der Waals surface area contributed by atoms with E-state index in [9.17, 15) is 9.59 Å². The monoisotopic (exact) mass is 406 g/mol. The topological polar surface area (TPSA) is 34.1 Å². The molecule has 0 bridgehead atoms. The Labute approximate surface area is 182 Å². The summed E-state index contributed by atoms with van der Waals surface area (Å²) in [7, 11) is 0. The van der Waals surface area contributed by atoms with Crippen LogP contribution in [-0.4, -0.2) is 11.6 Å². The molecule has 0 N–H and O–H groups in total. The summed E-state index contributed by atoms with van der Waals surface area (Å²) >= 11 is 0. The number of hydrogen-bond donors (Lipinski definition) is 0. The Bertz CT molecular complexity index is 921. The van der Waals surface area contributed by atoms with Crippen LogP contribution in [-0.2, 0) is 9.59 Å². The molecule has 5 rings (SSSR count). The molecule has 5 aliphatic carbocycles. The van der Waals surface area contributed by atoms with Gasteiger partial charge in [-0.25, -0.2) is 0 Å². The average Bonchev–Trinajstić information content (AvgIpc) is 2.71. The zero-order valence-corrected chi connectivity index (χ0v) is 19.7. The first-order valence-corrected chi connectivity index (χ1v) is 12.2. The van der Waals surface area contributed by atoms with E-state index in [4.69, 9.17) is 0 Å². The van der Waals surface area contributed by atoms with E-state index in [1.165, 1.54) is 36.8 Å². The Hall–Kier alpha value is -1.44. The van der Waals surface area contributed by atoms with Gasteiger partial charge in [0.15, 0.2) is 0 Å². The lowest BCUT2D eigenvalue weighted by Gasteiger charge is -2.67. The fraction of sp³-hybridized carbons (Fsp3) is 0.714. The van der Waals surface area contributed by atoms with Crippen molar-refractivity contribution >= 4 is 11.6 Å². The molecule has 30 heavy (non-hydrogen) atoms. The van der Waals surface area contributed by atoms with E-state index in [0.717, 1.165) is 18.3 Å². The Morgan fingerprint density at radius 2 is 1.67 bits per heavy atom. The van der Waals surface area contributed by atoms with Crippen LogP contribution in [0, 0.1) is 45.3 Å². The number of hydrogen-bond acceptors (Lipinski definition) is 2. The quantitative estimate of drug-likeness (QED) is 0.341. The molecule has 3 saturated carbocycles. The molecule has 0 saturated heterocycles. The minimum atomic E-state index is -0.681. The third-order valence-electron chi connectivity index (χ3n) is 10.8. The smallest absolute Gasteiger partial charge is 0.209 e. The van der Waals surface area contributed by atoms with Gasteiger partial charge in [-0.1, -0.05) is 70.4 Å². The lowest BCUT2D eigenvalue weighted by atomic mass is 9.35. The SMILES string of the molecule is CC1=CCC2(C)C(=O)C(=O)C3(C)C4CCC5C(C)CCCC5C4(C)C=CC3(C)C2=C1. The van der Waals surface area contributed by atoms with Gasteiger partial charge in [-0.15, -0.1) is 0 Å². The molecule has 5 aliphatic rings. The minimum absolute atomic E-state index is 0.00957. The molecular weight excluding hydrogens is 368 g/mol. The number of carbonyl (C=O) groups excluding carboxylic acids is 2. The second-order valence-electron chi connectivity index (χ2n) is 12.1. The number of carbonyl (C=O) groups is 2. The van der Waals surface area contributed by atoms with Gasteiger partial charge in [0.1, 0.15) is 0 Å². The molecule has 2 heteroatoms. The maximum absolute atomic E-state index is 14.0. The van der Waals surface area contributed by atoms with E-state index >= 15 is 0 Å². The van der Waals surface area contributed by atoms with Crippen molar-refractivity contribution in [3.63, 3.8) is 0 Å². The normalized spacial score (nSPS) is 52.5. The molecule has 0 amide bonds. The van der Waals surface area contributed by atoms with Crippen molar-refractivity contribution in [3.05, 3.63) is 35.5 Å². The van der Waals surface area contributed by atoms with Crippen LogP contribution in [0.5, 0.6) is 0 Å². The molecule has 0 heterocycles. The summed E-state index contributed by atoms with van der Waals surface area (Å²) in [5.74, 6) is 2.17. The summed E-state index contributed by atoms with van der Waals surface area (Å²) in [5.41, 5.74) is 0.691. The van der Waals surface area contributed by atoms with Crippen LogP contribution < -0.4 is 0 Å². The third kappa shape index (κ3) is 2.16. The molecule has 2 nitrogen and oxygen atoms in total. The molecular formula is C28H38O2. The van der Waals surface area contributed by atoms with E-state index in [-0.39, 0.29) is 28.3 Å². The zero-order chi connectivity index (χ0) is 21.7. The minimum Gasteiger partial charge on any atom is -0.290 e. The molecule has 0 aromatic heterocycles. The van der Waals surface area contributed by atoms with Crippen LogP contribution in [0.3, 0.4) is 0 Å². The van der Waals surface area contributed by atoms with Gasteiger partial charge in [0.25, 0.3) is 0 Å². The van der Waals surface area contributed by atoms with Gasteiger partial charge in [0.05, 0.1) is 10.8 Å². The van der Waals surface area contributed by atoms with Crippen LogP contribution in [0.1, 0.15) is 80.1 Å². The second kappa shape index (κ2) is 6.08. The van der Waals surface area contributed by atoms with Crippen molar-refractivity contribution in [2.24, 2.45) is 45.3 Å². The molecule has 162 valence electrons. The Kier molecular flexibility index (Phi) is 4.15. The Balaban J connectivity index is 1.72. The lowest BCUT2D eigenvalue weighted by Crippen LogP contribution is -2.67. The van der Waals surface area contributed by atoms with Crippen molar-refractivity contribution in [2.75, 3.05) is 0 Å². The number of fused-ring (bicyclic) bond motifs is 7. The van der Waals surface area contributed by atoms with Gasteiger partial charge in [-0.3, -0.25) is 9.59 Å². The maximum atomic E-state index is 14.0. The predicted molar refractivity (Wildman–Crippen MR) is 121 cm³/mol. The van der Waals surface area contributed by atoms with Crippen LogP contribution in [0.25, 0.3) is 0 Å². The highest BCUT2D eigenvalue weighted by atomic mass is 16.2. The average molecular weight is 407 g/mol. The Morgan fingerprint density at radius 3 is 2.40 bits per heavy atom. The highest BCUT2D eigenvalue weighted by Crippen LogP contribution is 2.71. The van der Waals surface area contributed by atoms with E-state index in [2.05, 4.69) is 58.9 Å². The molecule has 8 atom stereocenters. The molecule has 8 unspecified atom stereocenters. The van der Waals surface area contributed by atoms with Crippen LogP contribution in [0.4, 0.5) is 0 Å². The predicted octanol–water partition coefficient (Wildman–Crippen LogP) is 6.47. The summed E-state index contributed by atoms with van der Waals surface area (Å²) < 4.78 is 0. The van der Waals surface area contributed by atoms with Gasteiger partial charge in [0, 0.05) is 5.41 Å². The third-order valence-corrected chi connectivity index (χ3v) is 10.8. The summed E-state index contributed by atoms with van der Waals surface area (Å²) in [4.78, 5) is 27.7. The first kappa shape index (κ1) is 20.5. The van der Waals surface area contributed by atoms with Gasteiger partial charge < -0.3 is 0 Å². The van der Waals surface area contributed by atoms with Crippen molar-refractivity contribution in [1.29, 1.82) is 0 Å². The fourth-order valence-corrected chi connectivity index (χ4v) is 8.81. The van der Waals surface area contributed by atoms with Crippen molar-refractivity contribution in [1.82, 2.24) is 0 Å². The van der Waals surface area contributed by atoms with Crippen molar-refractivity contribution in [3.8, 4) is 0 Å². The molecule has 0 aliphatic heterocycles. The van der Waals surface area contributed by atoms with Crippen LogP contribution in [0.2, 0.25) is 0 Å². The largest absolute Gasteiger partial charge is 0.290 e. The van der Waals surface area contributed by atoms with Gasteiger partial charge in [-0.05, 0) is 74.2 Å². The zero-order valence-electron chi connectivity index (χ0n) is 19.7. The van der Waals surface area contributed by atoms with E-state index in [1.807, 2.05) is 6.92 Å². The number of rotatable bonds is 0. The molecule has 0 aromatic carbocycles. The summed E-state index contributed by atoms with van der Waals surface area (Å²) in [6.07, 6.45) is 16.1. The number of allylic oxidation sites excluding steroid dienone is 6. The standard InChI is InChI=1S/C28H38O2/c1-17-12-13-26(4)22(16-17)27(5)15-14-25(3)20-9-7-8-18(2)19(20)10-11-21(25)28(27,6)24(30)23(26)29/h12,14-16,18-21H,7-11,13H2,1-6H3. The summed E-state index contributed by atoms with van der Waals surface area (Å²) in [6, 6.07) is 0. The van der Waals surface area contributed by atoms with E-state index < -0.39 is 10.8 Å². The maximum Gasteiger partial charge on any atom is 0.209 e. The van der Waals surface area contributed by atoms with Crippen LogP contribution in [0.15, 0.2) is 35.5 Å². The van der Waals surface area contributed by atoms with Crippen molar-refractivity contribution in [2.45, 2.75) is 80.1 Å². The second-order valence-corrected chi connectivity index (χ2v) is 12.1.